The zero-order chi connectivity index (χ0) is 15.5. The van der Waals surface area contributed by atoms with E-state index in [0.717, 1.165) is 19.6 Å². The number of halogens is 1. The fourth-order valence-corrected chi connectivity index (χ4v) is 2.74. The van der Waals surface area contributed by atoms with Crippen molar-refractivity contribution in [1.82, 2.24) is 10.2 Å². The van der Waals surface area contributed by atoms with Crippen molar-refractivity contribution in [2.45, 2.75) is 64.0 Å². The molecule has 0 aromatic heterocycles. The Balaban J connectivity index is 0.00000441. The van der Waals surface area contributed by atoms with Gasteiger partial charge in [0.15, 0.2) is 5.96 Å². The molecule has 0 bridgehead atoms. The molecule has 0 aromatic carbocycles. The first-order chi connectivity index (χ1) is 10.1. The Labute approximate surface area is 153 Å². The van der Waals surface area contributed by atoms with Crippen molar-refractivity contribution >= 4 is 29.9 Å². The van der Waals surface area contributed by atoms with E-state index in [1.807, 2.05) is 6.92 Å². The van der Waals surface area contributed by atoms with Gasteiger partial charge in [-0.25, -0.2) is 0 Å². The summed E-state index contributed by atoms with van der Waals surface area (Å²) in [5.74, 6) is 0.580. The number of hydrogen-bond acceptors (Lipinski definition) is 3. The molecule has 1 atom stereocenters. The molecule has 3 N–H and O–H groups in total. The second-order valence-corrected chi connectivity index (χ2v) is 6.23. The molecule has 0 spiro atoms. The van der Waals surface area contributed by atoms with Crippen LogP contribution in [0.15, 0.2) is 4.99 Å². The zero-order valence-corrected chi connectivity index (χ0v) is 16.8. The Morgan fingerprint density at radius 3 is 2.45 bits per heavy atom. The monoisotopic (exact) mass is 426 g/mol. The van der Waals surface area contributed by atoms with Crippen LogP contribution in [0.3, 0.4) is 0 Å². The van der Waals surface area contributed by atoms with Crippen LogP contribution in [0.4, 0.5) is 0 Å². The summed E-state index contributed by atoms with van der Waals surface area (Å²) in [4.78, 5) is 6.66. The lowest BCUT2D eigenvalue weighted by atomic mass is 10.1. The molecule has 1 saturated carbocycles. The Morgan fingerprint density at radius 2 is 1.91 bits per heavy atom. The lowest BCUT2D eigenvalue weighted by Gasteiger charge is -2.19. The highest BCUT2D eigenvalue weighted by Gasteiger charge is 2.13. The van der Waals surface area contributed by atoms with Crippen molar-refractivity contribution < 1.29 is 4.74 Å². The predicted octanol–water partition coefficient (Wildman–Crippen LogP) is 2.59. The normalized spacial score (nSPS) is 18.6. The van der Waals surface area contributed by atoms with E-state index in [2.05, 4.69) is 29.3 Å². The molecule has 0 heterocycles. The van der Waals surface area contributed by atoms with Crippen LogP contribution in [0.2, 0.25) is 0 Å². The lowest BCUT2D eigenvalue weighted by molar-refractivity contribution is 0.0582. The largest absolute Gasteiger partial charge is 0.377 e. The van der Waals surface area contributed by atoms with E-state index in [9.17, 15) is 0 Å². The highest BCUT2D eigenvalue weighted by atomic mass is 127. The lowest BCUT2D eigenvalue weighted by Crippen LogP contribution is -2.40. The topological polar surface area (TPSA) is 62.9 Å². The number of rotatable bonds is 8. The molecule has 0 aliphatic heterocycles. The van der Waals surface area contributed by atoms with Gasteiger partial charge in [-0.1, -0.05) is 25.7 Å². The fraction of sp³-hybridized carbons (Fsp3) is 0.938. The van der Waals surface area contributed by atoms with Crippen molar-refractivity contribution in [2.75, 3.05) is 33.8 Å². The van der Waals surface area contributed by atoms with Crippen LogP contribution in [-0.4, -0.2) is 56.8 Å². The smallest absolute Gasteiger partial charge is 0.188 e. The SMILES string of the molecule is CCOC(CCN(C)C)CN=C(N)NC1CCCCCC1.I. The van der Waals surface area contributed by atoms with Crippen LogP contribution < -0.4 is 11.1 Å². The Bertz CT molecular complexity index is 292. The van der Waals surface area contributed by atoms with Crippen molar-refractivity contribution in [3.63, 3.8) is 0 Å². The standard InChI is InChI=1S/C16H34N4O.HI/c1-4-21-15(11-12-20(2)3)13-18-16(17)19-14-9-7-5-6-8-10-14;/h14-15H,4-13H2,1-3H3,(H3,17,18,19);1H. The first-order valence-electron chi connectivity index (χ1n) is 8.44. The van der Waals surface area contributed by atoms with Crippen molar-refractivity contribution in [3.05, 3.63) is 0 Å². The van der Waals surface area contributed by atoms with Gasteiger partial charge in [0.25, 0.3) is 0 Å². The molecule has 1 aliphatic rings. The Hall–Kier alpha value is -0.0800. The summed E-state index contributed by atoms with van der Waals surface area (Å²) < 4.78 is 5.74. The van der Waals surface area contributed by atoms with Gasteiger partial charge >= 0.3 is 0 Å². The third-order valence-electron chi connectivity index (χ3n) is 3.97. The second kappa shape index (κ2) is 13.4. The number of nitrogens with one attached hydrogen (secondary N) is 1. The molecule has 0 aromatic rings. The van der Waals surface area contributed by atoms with Gasteiger partial charge in [-0.3, -0.25) is 4.99 Å². The minimum absolute atomic E-state index is 0. The highest BCUT2D eigenvalue weighted by molar-refractivity contribution is 14.0. The summed E-state index contributed by atoms with van der Waals surface area (Å²) in [5, 5.41) is 3.38. The predicted molar refractivity (Wildman–Crippen MR) is 105 cm³/mol. The number of nitrogens with zero attached hydrogens (tertiary/aromatic N) is 2. The van der Waals surface area contributed by atoms with E-state index in [4.69, 9.17) is 10.5 Å². The quantitative estimate of drug-likeness (QED) is 0.271. The van der Waals surface area contributed by atoms with Crippen LogP contribution in [0, 0.1) is 0 Å². The average molecular weight is 426 g/mol. The van der Waals surface area contributed by atoms with E-state index >= 15 is 0 Å². The average Bonchev–Trinajstić information content (AvgIpc) is 2.70. The molecule has 0 radical (unpaired) electrons. The molecule has 132 valence electrons. The van der Waals surface area contributed by atoms with Gasteiger partial charge in [0.1, 0.15) is 0 Å². The first-order valence-corrected chi connectivity index (χ1v) is 8.44. The van der Waals surface area contributed by atoms with Gasteiger partial charge in [-0.15, -0.1) is 24.0 Å². The van der Waals surface area contributed by atoms with Crippen LogP contribution in [0.5, 0.6) is 0 Å². The summed E-state index contributed by atoms with van der Waals surface area (Å²) >= 11 is 0. The molecule has 0 saturated heterocycles. The summed E-state index contributed by atoms with van der Waals surface area (Å²) in [5.41, 5.74) is 6.03. The van der Waals surface area contributed by atoms with Crippen LogP contribution in [0.1, 0.15) is 51.9 Å². The number of ether oxygens (including phenoxy) is 1. The van der Waals surface area contributed by atoms with Gasteiger partial charge in [-0.2, -0.15) is 0 Å². The van der Waals surface area contributed by atoms with E-state index in [0.29, 0.717) is 18.5 Å². The molecule has 1 aliphatic carbocycles. The molecular weight excluding hydrogens is 391 g/mol. The third kappa shape index (κ3) is 10.6. The molecule has 0 amide bonds. The molecule has 1 unspecified atom stereocenters. The minimum atomic E-state index is 0. The summed E-state index contributed by atoms with van der Waals surface area (Å²) in [6.45, 7) is 4.41. The number of guanidine groups is 1. The summed E-state index contributed by atoms with van der Waals surface area (Å²) in [6.07, 6.45) is 8.88. The van der Waals surface area contributed by atoms with Gasteiger partial charge < -0.3 is 20.7 Å². The van der Waals surface area contributed by atoms with Gasteiger partial charge in [0, 0.05) is 19.2 Å². The Kier molecular flexibility index (Phi) is 13.3. The van der Waals surface area contributed by atoms with E-state index in [1.165, 1.54) is 38.5 Å². The molecular formula is C16H35IN4O. The van der Waals surface area contributed by atoms with E-state index in [1.54, 1.807) is 0 Å². The molecule has 5 nitrogen and oxygen atoms in total. The number of aliphatic imine (C=N–C) groups is 1. The minimum Gasteiger partial charge on any atom is -0.377 e. The van der Waals surface area contributed by atoms with Crippen molar-refractivity contribution in [2.24, 2.45) is 10.7 Å². The van der Waals surface area contributed by atoms with Gasteiger partial charge in [0.05, 0.1) is 12.6 Å². The van der Waals surface area contributed by atoms with Crippen LogP contribution >= 0.6 is 24.0 Å². The zero-order valence-electron chi connectivity index (χ0n) is 14.5. The molecule has 1 fully saturated rings. The van der Waals surface area contributed by atoms with Crippen molar-refractivity contribution in [1.29, 1.82) is 0 Å². The Morgan fingerprint density at radius 1 is 1.27 bits per heavy atom. The molecule has 6 heteroatoms. The van der Waals surface area contributed by atoms with E-state index < -0.39 is 0 Å². The fourth-order valence-electron chi connectivity index (χ4n) is 2.74. The number of nitrogens with two attached hydrogens (primary N) is 1. The maximum atomic E-state index is 6.03. The second-order valence-electron chi connectivity index (χ2n) is 6.23. The molecule has 22 heavy (non-hydrogen) atoms. The van der Waals surface area contributed by atoms with Crippen LogP contribution in [0.25, 0.3) is 0 Å². The summed E-state index contributed by atoms with van der Waals surface area (Å²) in [7, 11) is 4.16. The van der Waals surface area contributed by atoms with Gasteiger partial charge in [0.2, 0.25) is 0 Å². The van der Waals surface area contributed by atoms with Crippen LogP contribution in [-0.2, 0) is 4.74 Å². The summed E-state index contributed by atoms with van der Waals surface area (Å²) in [6, 6.07) is 0.503. The van der Waals surface area contributed by atoms with Crippen molar-refractivity contribution in [3.8, 4) is 0 Å². The van der Waals surface area contributed by atoms with E-state index in [-0.39, 0.29) is 30.1 Å². The molecule has 1 rings (SSSR count). The first kappa shape index (κ1) is 21.9. The number of hydrogen-bond donors (Lipinski definition) is 2. The third-order valence-corrected chi connectivity index (χ3v) is 3.97. The highest BCUT2D eigenvalue weighted by Crippen LogP contribution is 2.16. The van der Waals surface area contributed by atoms with Gasteiger partial charge in [-0.05, 0) is 40.3 Å². The maximum absolute atomic E-state index is 6.03. The maximum Gasteiger partial charge on any atom is 0.188 e.